The zero-order chi connectivity index (χ0) is 13.8. The van der Waals surface area contributed by atoms with Crippen molar-refractivity contribution >= 4 is 39.1 Å². The van der Waals surface area contributed by atoms with Crippen LogP contribution in [-0.4, -0.2) is 0 Å². The minimum Gasteiger partial charge on any atom is -0.0827 e. The minimum atomic E-state index is 0.519. The van der Waals surface area contributed by atoms with Crippen molar-refractivity contribution in [2.45, 2.75) is 19.8 Å². The lowest BCUT2D eigenvalue weighted by molar-refractivity contribution is 0.577. The standard InChI is InChI=1S/C16H15BrCl2/c1-11(8-12-4-2-6-14(17)10-12)9-13-5-3-7-15(18)16(13)19/h2-7,10-11H,8-9H2,1H3. The highest BCUT2D eigenvalue weighted by atomic mass is 79.9. The Hall–Kier alpha value is -0.500. The van der Waals surface area contributed by atoms with Crippen LogP contribution in [0.3, 0.4) is 0 Å². The zero-order valence-electron chi connectivity index (χ0n) is 10.7. The van der Waals surface area contributed by atoms with Crippen LogP contribution in [0.1, 0.15) is 18.1 Å². The van der Waals surface area contributed by atoms with Crippen LogP contribution in [0.4, 0.5) is 0 Å². The van der Waals surface area contributed by atoms with Crippen LogP contribution in [0.25, 0.3) is 0 Å². The predicted molar refractivity (Wildman–Crippen MR) is 87.2 cm³/mol. The maximum absolute atomic E-state index is 6.23. The van der Waals surface area contributed by atoms with Gasteiger partial charge in [-0.2, -0.15) is 0 Å². The Labute approximate surface area is 132 Å². The van der Waals surface area contributed by atoms with Crippen molar-refractivity contribution in [1.82, 2.24) is 0 Å². The first-order valence-electron chi connectivity index (χ1n) is 6.23. The molecule has 0 bridgehead atoms. The summed E-state index contributed by atoms with van der Waals surface area (Å²) in [5.74, 6) is 0.519. The van der Waals surface area contributed by atoms with Crippen LogP contribution >= 0.6 is 39.1 Å². The smallest absolute Gasteiger partial charge is 0.0624 e. The largest absolute Gasteiger partial charge is 0.0827 e. The van der Waals surface area contributed by atoms with Crippen molar-refractivity contribution in [3.05, 3.63) is 68.1 Å². The fraction of sp³-hybridized carbons (Fsp3) is 0.250. The minimum absolute atomic E-state index is 0.519. The molecule has 100 valence electrons. The molecule has 0 heterocycles. The average Bonchev–Trinajstić information content (AvgIpc) is 2.35. The molecule has 1 unspecified atom stereocenters. The fourth-order valence-electron chi connectivity index (χ4n) is 2.22. The fourth-order valence-corrected chi connectivity index (χ4v) is 3.06. The number of halogens is 3. The Morgan fingerprint density at radius 3 is 2.53 bits per heavy atom. The molecule has 0 saturated heterocycles. The third-order valence-corrected chi connectivity index (χ3v) is 4.42. The van der Waals surface area contributed by atoms with Crippen LogP contribution in [0, 0.1) is 5.92 Å². The van der Waals surface area contributed by atoms with Crippen LogP contribution < -0.4 is 0 Å². The summed E-state index contributed by atoms with van der Waals surface area (Å²) in [6.45, 7) is 2.23. The summed E-state index contributed by atoms with van der Waals surface area (Å²) in [5, 5.41) is 1.32. The Kier molecular flexibility index (Phi) is 5.32. The molecule has 0 spiro atoms. The second kappa shape index (κ2) is 6.78. The van der Waals surface area contributed by atoms with Gasteiger partial charge in [0.05, 0.1) is 10.0 Å². The van der Waals surface area contributed by atoms with E-state index in [2.05, 4.69) is 41.1 Å². The molecule has 0 amide bonds. The Balaban J connectivity index is 2.05. The van der Waals surface area contributed by atoms with E-state index in [-0.39, 0.29) is 0 Å². The molecule has 0 N–H and O–H groups in total. The van der Waals surface area contributed by atoms with Crippen LogP contribution in [0.15, 0.2) is 46.9 Å². The second-order valence-corrected chi connectivity index (χ2v) is 6.56. The summed E-state index contributed by atoms with van der Waals surface area (Å²) in [7, 11) is 0. The van der Waals surface area contributed by atoms with Crippen molar-refractivity contribution in [3.8, 4) is 0 Å². The predicted octanol–water partition coefficient (Wildman–Crippen LogP) is 6.18. The van der Waals surface area contributed by atoms with E-state index < -0.39 is 0 Å². The normalized spacial score (nSPS) is 12.4. The third kappa shape index (κ3) is 4.24. The van der Waals surface area contributed by atoms with Gasteiger partial charge in [0.15, 0.2) is 0 Å². The topological polar surface area (TPSA) is 0 Å². The van der Waals surface area contributed by atoms with Gasteiger partial charge in [-0.1, -0.05) is 70.3 Å². The molecule has 0 aromatic heterocycles. The molecule has 2 aromatic carbocycles. The summed E-state index contributed by atoms with van der Waals surface area (Å²) in [5.41, 5.74) is 2.46. The summed E-state index contributed by atoms with van der Waals surface area (Å²) in [6, 6.07) is 14.3. The summed E-state index contributed by atoms with van der Waals surface area (Å²) >= 11 is 15.8. The lowest BCUT2D eigenvalue weighted by Gasteiger charge is -2.13. The zero-order valence-corrected chi connectivity index (χ0v) is 13.8. The summed E-state index contributed by atoms with van der Waals surface area (Å²) < 4.78 is 1.12. The van der Waals surface area contributed by atoms with Gasteiger partial charge >= 0.3 is 0 Å². The van der Waals surface area contributed by atoms with Gasteiger partial charge in [-0.3, -0.25) is 0 Å². The summed E-state index contributed by atoms with van der Waals surface area (Å²) in [6.07, 6.45) is 1.97. The Bertz CT molecular complexity index is 566. The van der Waals surface area contributed by atoms with Crippen molar-refractivity contribution in [2.24, 2.45) is 5.92 Å². The molecule has 0 fully saturated rings. The SMILES string of the molecule is CC(Cc1cccc(Br)c1)Cc1cccc(Cl)c1Cl. The molecular formula is C16H15BrCl2. The van der Waals surface area contributed by atoms with E-state index in [9.17, 15) is 0 Å². The van der Waals surface area contributed by atoms with Gasteiger partial charge in [0.2, 0.25) is 0 Å². The van der Waals surface area contributed by atoms with Gasteiger partial charge in [-0.05, 0) is 48.1 Å². The van der Waals surface area contributed by atoms with Crippen molar-refractivity contribution in [3.63, 3.8) is 0 Å². The quantitative estimate of drug-likeness (QED) is 0.613. The van der Waals surface area contributed by atoms with Crippen molar-refractivity contribution in [1.29, 1.82) is 0 Å². The molecule has 0 saturated carbocycles. The van der Waals surface area contributed by atoms with Gasteiger partial charge in [0.25, 0.3) is 0 Å². The molecule has 0 radical (unpaired) electrons. The van der Waals surface area contributed by atoms with Gasteiger partial charge in [-0.25, -0.2) is 0 Å². The first kappa shape index (κ1) is 14.9. The van der Waals surface area contributed by atoms with Crippen LogP contribution in [0.2, 0.25) is 10.0 Å². The molecule has 1 atom stereocenters. The van der Waals surface area contributed by atoms with Gasteiger partial charge in [0, 0.05) is 4.47 Å². The first-order valence-corrected chi connectivity index (χ1v) is 7.78. The van der Waals surface area contributed by atoms with Crippen LogP contribution in [0.5, 0.6) is 0 Å². The highest BCUT2D eigenvalue weighted by Gasteiger charge is 2.10. The van der Waals surface area contributed by atoms with Gasteiger partial charge < -0.3 is 0 Å². The second-order valence-electron chi connectivity index (χ2n) is 4.86. The maximum atomic E-state index is 6.23. The first-order chi connectivity index (χ1) is 9.06. The molecule has 0 nitrogen and oxygen atoms in total. The van der Waals surface area contributed by atoms with E-state index in [1.807, 2.05) is 24.3 Å². The molecule has 2 rings (SSSR count). The van der Waals surface area contributed by atoms with E-state index in [0.717, 1.165) is 22.9 Å². The number of hydrogen-bond donors (Lipinski definition) is 0. The van der Waals surface area contributed by atoms with Crippen molar-refractivity contribution in [2.75, 3.05) is 0 Å². The molecule has 0 aliphatic heterocycles. The number of benzene rings is 2. The van der Waals surface area contributed by atoms with Crippen molar-refractivity contribution < 1.29 is 0 Å². The van der Waals surface area contributed by atoms with E-state index in [0.29, 0.717) is 16.0 Å². The molecule has 3 heteroatoms. The highest BCUT2D eigenvalue weighted by Crippen LogP contribution is 2.28. The maximum Gasteiger partial charge on any atom is 0.0624 e. The highest BCUT2D eigenvalue weighted by molar-refractivity contribution is 9.10. The molecule has 19 heavy (non-hydrogen) atoms. The van der Waals surface area contributed by atoms with Gasteiger partial charge in [0.1, 0.15) is 0 Å². The summed E-state index contributed by atoms with van der Waals surface area (Å²) in [4.78, 5) is 0. The van der Waals surface area contributed by atoms with E-state index in [4.69, 9.17) is 23.2 Å². The number of hydrogen-bond acceptors (Lipinski definition) is 0. The third-order valence-electron chi connectivity index (χ3n) is 3.07. The van der Waals surface area contributed by atoms with E-state index in [1.165, 1.54) is 5.56 Å². The monoisotopic (exact) mass is 356 g/mol. The number of rotatable bonds is 4. The lowest BCUT2D eigenvalue weighted by Crippen LogP contribution is -2.04. The molecule has 0 aliphatic carbocycles. The van der Waals surface area contributed by atoms with Gasteiger partial charge in [-0.15, -0.1) is 0 Å². The Morgan fingerprint density at radius 2 is 1.79 bits per heavy atom. The average molecular weight is 358 g/mol. The molecule has 2 aromatic rings. The van der Waals surface area contributed by atoms with Crippen LogP contribution in [-0.2, 0) is 12.8 Å². The van der Waals surface area contributed by atoms with E-state index in [1.54, 1.807) is 0 Å². The Morgan fingerprint density at radius 1 is 1.05 bits per heavy atom. The van der Waals surface area contributed by atoms with E-state index >= 15 is 0 Å². The lowest BCUT2D eigenvalue weighted by atomic mass is 9.94. The molecular weight excluding hydrogens is 343 g/mol. The molecule has 0 aliphatic rings.